The molecule has 3 rings (SSSR count). The number of aromatic amines is 1. The van der Waals surface area contributed by atoms with E-state index in [1.165, 1.54) is 14.2 Å². The van der Waals surface area contributed by atoms with Gasteiger partial charge in [-0.2, -0.15) is 13.2 Å². The van der Waals surface area contributed by atoms with Crippen molar-refractivity contribution < 1.29 is 46.7 Å². The molecule has 1 fully saturated rings. The molecule has 0 aliphatic carbocycles. The van der Waals surface area contributed by atoms with Gasteiger partial charge in [0, 0.05) is 13.5 Å². The van der Waals surface area contributed by atoms with Crippen molar-refractivity contribution in [3.05, 3.63) is 41.1 Å². The van der Waals surface area contributed by atoms with Crippen LogP contribution in [0.25, 0.3) is 0 Å². The van der Waals surface area contributed by atoms with E-state index >= 15 is 0 Å². The third-order valence-electron chi connectivity index (χ3n) is 4.83. The number of alkyl halides is 4. The highest BCUT2D eigenvalue weighted by molar-refractivity contribution is 5.39. The van der Waals surface area contributed by atoms with Crippen LogP contribution in [0.15, 0.2) is 24.3 Å². The van der Waals surface area contributed by atoms with Crippen molar-refractivity contribution in [2.75, 3.05) is 20.8 Å². The Bertz CT molecular complexity index is 860. The molecule has 172 valence electrons. The summed E-state index contributed by atoms with van der Waals surface area (Å²) in [5.41, 5.74) is -0.974. The zero-order chi connectivity index (χ0) is 22.8. The van der Waals surface area contributed by atoms with Gasteiger partial charge in [-0.3, -0.25) is 5.10 Å². The molecule has 0 bridgehead atoms. The lowest BCUT2D eigenvalue weighted by Crippen LogP contribution is -2.58. The van der Waals surface area contributed by atoms with Gasteiger partial charge >= 0.3 is 6.18 Å². The minimum absolute atomic E-state index is 0.219. The molecule has 5 unspecified atom stereocenters. The highest BCUT2D eigenvalue weighted by atomic mass is 19.4. The monoisotopic (exact) mass is 450 g/mol. The number of nitrogens with zero attached hydrogens (tertiary/aromatic N) is 1. The Balaban J connectivity index is 1.89. The Labute approximate surface area is 174 Å². The number of benzene rings is 1. The number of ether oxygens (including phenoxy) is 4. The van der Waals surface area contributed by atoms with E-state index < -0.39 is 48.5 Å². The second kappa shape index (κ2) is 9.39. The Morgan fingerprint density at radius 2 is 1.81 bits per heavy atom. The molecule has 1 aliphatic heterocycles. The van der Waals surface area contributed by atoms with E-state index in [0.717, 1.165) is 0 Å². The average Bonchev–Trinajstić information content (AvgIpc) is 3.13. The van der Waals surface area contributed by atoms with Gasteiger partial charge in [-0.15, -0.1) is 5.10 Å². The molecule has 3 N–H and O–H groups in total. The summed E-state index contributed by atoms with van der Waals surface area (Å²) in [5.74, 6) is 0.0361. The molecule has 2 heterocycles. The number of H-pyrrole nitrogens is 1. The molecule has 31 heavy (non-hydrogen) atoms. The average molecular weight is 450 g/mol. The van der Waals surface area contributed by atoms with Gasteiger partial charge in [0.05, 0.1) is 19.3 Å². The first-order valence-electron chi connectivity index (χ1n) is 9.24. The molecule has 1 aromatic heterocycles. The predicted octanol–water partition coefficient (Wildman–Crippen LogP) is 1.84. The van der Waals surface area contributed by atoms with Crippen molar-refractivity contribution in [1.29, 1.82) is 0 Å². The van der Waals surface area contributed by atoms with Crippen molar-refractivity contribution in [2.24, 2.45) is 0 Å². The van der Waals surface area contributed by atoms with Crippen LogP contribution in [-0.2, 0) is 22.1 Å². The molecule has 0 spiro atoms. The van der Waals surface area contributed by atoms with Crippen LogP contribution in [-0.4, -0.2) is 72.0 Å². The van der Waals surface area contributed by atoms with Crippen LogP contribution in [0.4, 0.5) is 17.6 Å². The largest absolute Gasteiger partial charge is 0.497 e. The fourth-order valence-corrected chi connectivity index (χ4v) is 3.19. The summed E-state index contributed by atoms with van der Waals surface area (Å²) in [5, 5.41) is 25.5. The van der Waals surface area contributed by atoms with E-state index in [1.54, 1.807) is 24.3 Å². The van der Waals surface area contributed by atoms with Crippen molar-refractivity contribution in [2.45, 2.75) is 43.4 Å². The van der Waals surface area contributed by atoms with Gasteiger partial charge in [0.1, 0.15) is 29.8 Å². The lowest BCUT2D eigenvalue weighted by Gasteiger charge is -2.38. The molecule has 1 aliphatic rings. The fourth-order valence-electron chi connectivity index (χ4n) is 3.19. The van der Waals surface area contributed by atoms with Gasteiger partial charge in [-0.1, -0.05) is 12.1 Å². The Kier molecular flexibility index (Phi) is 7.04. The number of aliphatic hydroxyl groups excluding tert-OH is 2. The molecule has 1 saturated heterocycles. The van der Waals surface area contributed by atoms with Gasteiger partial charge < -0.3 is 29.2 Å². The van der Waals surface area contributed by atoms with Gasteiger partial charge in [0.15, 0.2) is 6.17 Å². The van der Waals surface area contributed by atoms with Gasteiger partial charge in [-0.25, -0.2) is 4.39 Å². The quantitative estimate of drug-likeness (QED) is 0.553. The number of aliphatic hydroxyl groups is 2. The van der Waals surface area contributed by atoms with Gasteiger partial charge in [0.25, 0.3) is 0 Å². The third kappa shape index (κ3) is 5.09. The number of rotatable bonds is 7. The molecular weight excluding hydrogens is 428 g/mol. The molecule has 2 aromatic rings. The SMILES string of the molecule is COCC1OC(Oc2n[nH]c(C(F)(F)F)c2Cc2ccc(OC)cc2)C(O)C(O)C1F. The first kappa shape index (κ1) is 23.3. The number of hydrogen-bond donors (Lipinski definition) is 3. The molecule has 12 heteroatoms. The molecule has 0 saturated carbocycles. The Hall–Kier alpha value is -2.41. The van der Waals surface area contributed by atoms with E-state index in [-0.39, 0.29) is 18.6 Å². The lowest BCUT2D eigenvalue weighted by atomic mass is 10.0. The molecular formula is C19H22F4N2O6. The Morgan fingerprint density at radius 1 is 1.13 bits per heavy atom. The normalized spacial score (nSPS) is 26.6. The summed E-state index contributed by atoms with van der Waals surface area (Å²) < 4.78 is 75.1. The zero-order valence-electron chi connectivity index (χ0n) is 16.6. The molecule has 0 radical (unpaired) electrons. The summed E-state index contributed by atoms with van der Waals surface area (Å²) in [6.45, 7) is -0.266. The highest BCUT2D eigenvalue weighted by Crippen LogP contribution is 2.37. The Morgan fingerprint density at radius 3 is 2.39 bits per heavy atom. The number of aromatic nitrogens is 2. The van der Waals surface area contributed by atoms with E-state index in [2.05, 4.69) is 5.10 Å². The van der Waals surface area contributed by atoms with Crippen LogP contribution >= 0.6 is 0 Å². The maximum atomic E-state index is 14.1. The first-order valence-corrected chi connectivity index (χ1v) is 9.24. The molecule has 1 aromatic carbocycles. The van der Waals surface area contributed by atoms with Crippen LogP contribution in [0, 0.1) is 0 Å². The van der Waals surface area contributed by atoms with Crippen molar-refractivity contribution in [1.82, 2.24) is 10.2 Å². The van der Waals surface area contributed by atoms with Crippen molar-refractivity contribution in [3.8, 4) is 11.6 Å². The molecule has 0 amide bonds. The summed E-state index contributed by atoms with van der Waals surface area (Å²) in [4.78, 5) is 0. The van der Waals surface area contributed by atoms with Crippen LogP contribution < -0.4 is 9.47 Å². The third-order valence-corrected chi connectivity index (χ3v) is 4.83. The minimum atomic E-state index is -4.76. The predicted molar refractivity (Wildman–Crippen MR) is 97.5 cm³/mol. The molecule has 5 atom stereocenters. The number of halogens is 4. The zero-order valence-corrected chi connectivity index (χ0v) is 16.6. The van der Waals surface area contributed by atoms with Crippen LogP contribution in [0.1, 0.15) is 16.8 Å². The lowest BCUT2D eigenvalue weighted by molar-refractivity contribution is -0.267. The maximum Gasteiger partial charge on any atom is 0.433 e. The number of hydrogen-bond acceptors (Lipinski definition) is 7. The number of nitrogens with one attached hydrogen (secondary N) is 1. The van der Waals surface area contributed by atoms with Crippen LogP contribution in [0.5, 0.6) is 11.6 Å². The molecule has 8 nitrogen and oxygen atoms in total. The smallest absolute Gasteiger partial charge is 0.433 e. The summed E-state index contributed by atoms with van der Waals surface area (Å²) in [6.07, 6.45) is -13.7. The van der Waals surface area contributed by atoms with Crippen LogP contribution in [0.3, 0.4) is 0 Å². The van der Waals surface area contributed by atoms with Gasteiger partial charge in [0.2, 0.25) is 12.2 Å². The highest BCUT2D eigenvalue weighted by Gasteiger charge is 2.47. The second-order valence-corrected chi connectivity index (χ2v) is 6.95. The fraction of sp³-hybridized carbons (Fsp3) is 0.526. The topological polar surface area (TPSA) is 106 Å². The summed E-state index contributed by atoms with van der Waals surface area (Å²) in [6, 6.07) is 6.33. The van der Waals surface area contributed by atoms with E-state index in [9.17, 15) is 27.8 Å². The maximum absolute atomic E-state index is 14.1. The van der Waals surface area contributed by atoms with Crippen LogP contribution in [0.2, 0.25) is 0 Å². The van der Waals surface area contributed by atoms with Crippen molar-refractivity contribution in [3.63, 3.8) is 0 Å². The van der Waals surface area contributed by atoms with Gasteiger partial charge in [-0.05, 0) is 17.7 Å². The minimum Gasteiger partial charge on any atom is -0.497 e. The van der Waals surface area contributed by atoms with Crippen molar-refractivity contribution >= 4 is 0 Å². The van der Waals surface area contributed by atoms with E-state index in [0.29, 0.717) is 11.3 Å². The summed E-state index contributed by atoms with van der Waals surface area (Å²) >= 11 is 0. The first-order chi connectivity index (χ1) is 14.7. The second-order valence-electron chi connectivity index (χ2n) is 6.95. The number of methoxy groups -OCH3 is 2. The summed E-state index contributed by atoms with van der Waals surface area (Å²) in [7, 11) is 2.74. The van der Waals surface area contributed by atoms with E-state index in [1.807, 2.05) is 5.10 Å². The van der Waals surface area contributed by atoms with E-state index in [4.69, 9.17) is 18.9 Å². The standard InChI is InChI=1S/C19H22F4N2O6/c1-28-8-12-13(20)14(26)15(27)18(30-12)31-17-11(16(24-25-17)19(21,22)23)7-9-3-5-10(29-2)6-4-9/h3-6,12-15,18,26-27H,7-8H2,1-2H3,(H,24,25).